The molecule has 0 amide bonds. The van der Waals surface area contributed by atoms with E-state index in [2.05, 4.69) is 0 Å². The minimum atomic E-state index is 0.247. The van der Waals surface area contributed by atoms with Crippen molar-refractivity contribution >= 4 is 17.0 Å². The summed E-state index contributed by atoms with van der Waals surface area (Å²) in [7, 11) is 0. The molecule has 1 aliphatic rings. The number of nitrogens with two attached hydrogens (primary N) is 2. The van der Waals surface area contributed by atoms with Gasteiger partial charge in [-0.05, 0) is 24.8 Å². The van der Waals surface area contributed by atoms with Crippen LogP contribution in [0.4, 0.5) is 5.69 Å². The fourth-order valence-corrected chi connectivity index (χ4v) is 2.12. The molecule has 11 heavy (non-hydrogen) atoms. The van der Waals surface area contributed by atoms with E-state index in [4.69, 9.17) is 11.5 Å². The van der Waals surface area contributed by atoms with Gasteiger partial charge in [-0.15, -0.1) is 11.3 Å². The highest BCUT2D eigenvalue weighted by Gasteiger charge is 2.30. The van der Waals surface area contributed by atoms with E-state index in [0.29, 0.717) is 0 Å². The third kappa shape index (κ3) is 1.39. The quantitative estimate of drug-likeness (QED) is 0.706. The van der Waals surface area contributed by atoms with Gasteiger partial charge >= 0.3 is 0 Å². The number of rotatable bonds is 2. The van der Waals surface area contributed by atoms with Crippen molar-refractivity contribution in [2.75, 3.05) is 5.73 Å². The maximum atomic E-state index is 5.97. The number of hydrogen-bond acceptors (Lipinski definition) is 3. The summed E-state index contributed by atoms with van der Waals surface area (Å²) < 4.78 is 0. The average Bonchev–Trinajstić information content (AvgIpc) is 2.74. The summed E-state index contributed by atoms with van der Waals surface area (Å²) in [5, 5.41) is 1.96. The van der Waals surface area contributed by atoms with Crippen molar-refractivity contribution in [1.82, 2.24) is 0 Å². The largest absolute Gasteiger partial charge is 0.398 e. The highest BCUT2D eigenvalue weighted by atomic mass is 32.1. The molecule has 2 rings (SSSR count). The Morgan fingerprint density at radius 2 is 2.27 bits per heavy atom. The molecule has 0 saturated heterocycles. The van der Waals surface area contributed by atoms with Crippen molar-refractivity contribution in [2.45, 2.75) is 18.9 Å². The molecule has 1 heterocycles. The van der Waals surface area contributed by atoms with Gasteiger partial charge in [-0.25, -0.2) is 0 Å². The second-order valence-corrected chi connectivity index (χ2v) is 4.09. The number of nitrogen functional groups attached to an aromatic ring is 1. The van der Waals surface area contributed by atoms with Crippen LogP contribution in [0.3, 0.4) is 0 Å². The summed E-state index contributed by atoms with van der Waals surface area (Å²) in [5.74, 6) is 0.730. The highest BCUT2D eigenvalue weighted by molar-refractivity contribution is 7.10. The lowest BCUT2D eigenvalue weighted by molar-refractivity contribution is 0.645. The molecule has 0 bridgehead atoms. The molecule has 0 spiro atoms. The molecular formula is C8H12N2S. The third-order valence-corrected chi connectivity index (χ3v) is 3.15. The van der Waals surface area contributed by atoms with Crippen molar-refractivity contribution in [1.29, 1.82) is 0 Å². The fraction of sp³-hybridized carbons (Fsp3) is 0.500. The summed E-state index contributed by atoms with van der Waals surface area (Å²) in [4.78, 5) is 1.24. The Bertz CT molecular complexity index is 252. The Hall–Kier alpha value is -0.540. The van der Waals surface area contributed by atoms with Crippen LogP contribution in [0.1, 0.15) is 23.8 Å². The van der Waals surface area contributed by atoms with Crippen LogP contribution in [-0.4, -0.2) is 0 Å². The molecule has 1 atom stereocenters. The van der Waals surface area contributed by atoms with Crippen LogP contribution in [-0.2, 0) is 0 Å². The molecule has 0 aromatic carbocycles. The monoisotopic (exact) mass is 168 g/mol. The van der Waals surface area contributed by atoms with Gasteiger partial charge in [0.15, 0.2) is 0 Å². The first-order chi connectivity index (χ1) is 5.27. The minimum Gasteiger partial charge on any atom is -0.398 e. The second kappa shape index (κ2) is 2.50. The Morgan fingerprint density at radius 3 is 2.73 bits per heavy atom. The standard InChI is InChI=1S/C8H12N2S/c9-6-3-7(11-4-6)8(10)5-1-2-5/h3-5,8H,1-2,9-10H2/t8-/m0/s1. The maximum Gasteiger partial charge on any atom is 0.0426 e. The molecule has 4 N–H and O–H groups in total. The van der Waals surface area contributed by atoms with E-state index >= 15 is 0 Å². The van der Waals surface area contributed by atoms with Gasteiger partial charge in [-0.3, -0.25) is 0 Å². The molecular weight excluding hydrogens is 156 g/mol. The molecule has 1 saturated carbocycles. The van der Waals surface area contributed by atoms with E-state index in [0.717, 1.165) is 11.6 Å². The van der Waals surface area contributed by atoms with Crippen LogP contribution in [0.25, 0.3) is 0 Å². The van der Waals surface area contributed by atoms with Crippen LogP contribution in [0.2, 0.25) is 0 Å². The molecule has 1 aromatic rings. The van der Waals surface area contributed by atoms with Gasteiger partial charge in [0.05, 0.1) is 0 Å². The van der Waals surface area contributed by atoms with Gasteiger partial charge in [-0.1, -0.05) is 0 Å². The van der Waals surface area contributed by atoms with Gasteiger partial charge < -0.3 is 11.5 Å². The molecule has 1 aromatic heterocycles. The van der Waals surface area contributed by atoms with Gasteiger partial charge in [-0.2, -0.15) is 0 Å². The average molecular weight is 168 g/mol. The first kappa shape index (κ1) is 7.13. The van der Waals surface area contributed by atoms with Crippen molar-refractivity contribution in [2.24, 2.45) is 11.7 Å². The van der Waals surface area contributed by atoms with Gasteiger partial charge in [0.25, 0.3) is 0 Å². The second-order valence-electron chi connectivity index (χ2n) is 3.15. The summed E-state index contributed by atoms with van der Waals surface area (Å²) in [6.45, 7) is 0. The molecule has 0 unspecified atom stereocenters. The third-order valence-electron chi connectivity index (χ3n) is 2.10. The topological polar surface area (TPSA) is 52.0 Å². The zero-order valence-corrected chi connectivity index (χ0v) is 7.10. The lowest BCUT2D eigenvalue weighted by Crippen LogP contribution is -2.10. The predicted molar refractivity (Wildman–Crippen MR) is 48.4 cm³/mol. The first-order valence-electron chi connectivity index (χ1n) is 3.87. The normalized spacial score (nSPS) is 20.1. The van der Waals surface area contributed by atoms with Crippen LogP contribution in [0, 0.1) is 5.92 Å². The zero-order chi connectivity index (χ0) is 7.84. The zero-order valence-electron chi connectivity index (χ0n) is 6.29. The maximum absolute atomic E-state index is 5.97. The van der Waals surface area contributed by atoms with E-state index in [1.54, 1.807) is 11.3 Å². The molecule has 3 heteroatoms. The summed E-state index contributed by atoms with van der Waals surface area (Å²) in [5.41, 5.74) is 12.4. The number of thiophene rings is 1. The molecule has 60 valence electrons. The highest BCUT2D eigenvalue weighted by Crippen LogP contribution is 2.41. The molecule has 1 aliphatic carbocycles. The summed E-state index contributed by atoms with van der Waals surface area (Å²) in [6.07, 6.45) is 2.58. The smallest absolute Gasteiger partial charge is 0.0426 e. The van der Waals surface area contributed by atoms with Crippen molar-refractivity contribution in [3.8, 4) is 0 Å². The van der Waals surface area contributed by atoms with E-state index in [1.807, 2.05) is 11.4 Å². The lowest BCUT2D eigenvalue weighted by atomic mass is 10.1. The summed E-state index contributed by atoms with van der Waals surface area (Å²) in [6, 6.07) is 2.24. The predicted octanol–water partition coefficient (Wildman–Crippen LogP) is 1.74. The molecule has 0 radical (unpaired) electrons. The molecule has 0 aliphatic heterocycles. The van der Waals surface area contributed by atoms with E-state index in [-0.39, 0.29) is 6.04 Å². The Kier molecular flexibility index (Phi) is 1.62. The molecule has 1 fully saturated rings. The Balaban J connectivity index is 2.14. The van der Waals surface area contributed by atoms with Crippen molar-refractivity contribution in [3.05, 3.63) is 16.3 Å². The number of anilines is 1. The van der Waals surface area contributed by atoms with Gasteiger partial charge in [0, 0.05) is 22.0 Å². The van der Waals surface area contributed by atoms with E-state index in [9.17, 15) is 0 Å². The van der Waals surface area contributed by atoms with Gasteiger partial charge in [0.2, 0.25) is 0 Å². The van der Waals surface area contributed by atoms with Crippen LogP contribution in [0.5, 0.6) is 0 Å². The minimum absolute atomic E-state index is 0.247. The summed E-state index contributed by atoms with van der Waals surface area (Å²) >= 11 is 1.68. The van der Waals surface area contributed by atoms with Gasteiger partial charge in [0.1, 0.15) is 0 Å². The van der Waals surface area contributed by atoms with E-state index < -0.39 is 0 Å². The Morgan fingerprint density at radius 1 is 1.55 bits per heavy atom. The SMILES string of the molecule is Nc1csc([C@@H](N)C2CC2)c1. The fourth-order valence-electron chi connectivity index (χ4n) is 1.23. The van der Waals surface area contributed by atoms with Crippen LogP contribution >= 0.6 is 11.3 Å². The Labute approximate surface area is 70.2 Å². The van der Waals surface area contributed by atoms with Crippen molar-refractivity contribution in [3.63, 3.8) is 0 Å². The van der Waals surface area contributed by atoms with Crippen LogP contribution < -0.4 is 11.5 Å². The molecule has 2 nitrogen and oxygen atoms in total. The van der Waals surface area contributed by atoms with E-state index in [1.165, 1.54) is 17.7 Å². The first-order valence-corrected chi connectivity index (χ1v) is 4.75. The lowest BCUT2D eigenvalue weighted by Gasteiger charge is -2.05. The van der Waals surface area contributed by atoms with Crippen molar-refractivity contribution < 1.29 is 0 Å². The number of hydrogen-bond donors (Lipinski definition) is 2. The van der Waals surface area contributed by atoms with Crippen LogP contribution in [0.15, 0.2) is 11.4 Å².